The van der Waals surface area contributed by atoms with Crippen LogP contribution in [0, 0.1) is 18.3 Å². The Morgan fingerprint density at radius 3 is 2.47 bits per heavy atom. The minimum absolute atomic E-state index is 0.00138. The molecule has 9 heteroatoms. The molecule has 0 aliphatic rings. The first-order chi connectivity index (χ1) is 20.7. The number of aliphatic hydroxyl groups is 1. The summed E-state index contributed by atoms with van der Waals surface area (Å²) in [6.07, 6.45) is 0.357. The van der Waals surface area contributed by atoms with E-state index in [4.69, 9.17) is 26.4 Å². The van der Waals surface area contributed by atoms with Crippen LogP contribution < -0.4 is 16.0 Å². The second-order valence-electron chi connectivity index (χ2n) is 10.4. The number of nitrogens with one attached hydrogen (secondary N) is 3. The molecule has 0 spiro atoms. The zero-order chi connectivity index (χ0) is 30.8. The van der Waals surface area contributed by atoms with E-state index in [1.54, 1.807) is 42.5 Å². The number of nitriles is 1. The zero-order valence-corrected chi connectivity index (χ0v) is 24.9. The number of furan rings is 1. The standard InChI is InChI=1S/C34H35ClN4O4/c1-22-3-9-26(10-4-22)23(2)38-21-29-12-14-32(43-29)27-11-13-31(35)30(18-27)34(42)39-28(19-33(41)37-15-16-40)17-24-5-7-25(20-36)8-6-24/h3-14,18,23,28,38,40H,15-17,19,21H2,1-2H3,(H,37,41)(H,39,42). The fourth-order valence-corrected chi connectivity index (χ4v) is 4.84. The van der Waals surface area contributed by atoms with E-state index >= 15 is 0 Å². The topological polar surface area (TPSA) is 127 Å². The molecule has 222 valence electrons. The first kappa shape index (κ1) is 31.5. The maximum Gasteiger partial charge on any atom is 0.253 e. The van der Waals surface area contributed by atoms with Crippen LogP contribution in [-0.4, -0.2) is 36.1 Å². The Kier molecular flexibility index (Phi) is 11.1. The summed E-state index contributed by atoms with van der Waals surface area (Å²) in [5.74, 6) is 0.622. The Morgan fingerprint density at radius 2 is 1.77 bits per heavy atom. The van der Waals surface area contributed by atoms with Crippen molar-refractivity contribution in [1.82, 2.24) is 16.0 Å². The molecule has 0 saturated carbocycles. The number of rotatable bonds is 13. The smallest absolute Gasteiger partial charge is 0.253 e. The minimum Gasteiger partial charge on any atom is -0.460 e. The third kappa shape index (κ3) is 9.03. The number of carbonyl (C=O) groups is 2. The van der Waals surface area contributed by atoms with Gasteiger partial charge in [0.2, 0.25) is 5.91 Å². The van der Waals surface area contributed by atoms with Crippen molar-refractivity contribution < 1.29 is 19.1 Å². The lowest BCUT2D eigenvalue weighted by molar-refractivity contribution is -0.121. The number of aryl methyl sites for hydroxylation is 1. The number of nitrogens with zero attached hydrogens (tertiary/aromatic N) is 1. The number of hydrogen-bond acceptors (Lipinski definition) is 6. The van der Waals surface area contributed by atoms with Crippen LogP contribution in [0.4, 0.5) is 0 Å². The number of amides is 2. The van der Waals surface area contributed by atoms with E-state index in [1.807, 2.05) is 12.1 Å². The Balaban J connectivity index is 1.45. The van der Waals surface area contributed by atoms with Gasteiger partial charge in [-0.25, -0.2) is 0 Å². The Bertz CT molecular complexity index is 1580. The van der Waals surface area contributed by atoms with E-state index in [-0.39, 0.29) is 42.1 Å². The number of aliphatic hydroxyl groups excluding tert-OH is 1. The second-order valence-corrected chi connectivity index (χ2v) is 10.8. The third-order valence-corrected chi connectivity index (χ3v) is 7.41. The maximum atomic E-state index is 13.4. The van der Waals surface area contributed by atoms with Crippen LogP contribution in [0.15, 0.2) is 83.3 Å². The Labute approximate surface area is 256 Å². The number of benzene rings is 3. The van der Waals surface area contributed by atoms with Crippen LogP contribution >= 0.6 is 11.6 Å². The zero-order valence-electron chi connectivity index (χ0n) is 24.2. The molecular formula is C34H35ClN4O4. The summed E-state index contributed by atoms with van der Waals surface area (Å²) in [5.41, 5.74) is 4.72. The predicted octanol–water partition coefficient (Wildman–Crippen LogP) is 5.47. The Hall–Kier alpha value is -4.42. The van der Waals surface area contributed by atoms with Gasteiger partial charge >= 0.3 is 0 Å². The van der Waals surface area contributed by atoms with Crippen LogP contribution in [0.2, 0.25) is 5.02 Å². The summed E-state index contributed by atoms with van der Waals surface area (Å²) in [4.78, 5) is 25.9. The Morgan fingerprint density at radius 1 is 1.02 bits per heavy atom. The lowest BCUT2D eigenvalue weighted by Crippen LogP contribution is -2.41. The van der Waals surface area contributed by atoms with Crippen LogP contribution in [-0.2, 0) is 17.8 Å². The first-order valence-corrected chi connectivity index (χ1v) is 14.5. The van der Waals surface area contributed by atoms with Gasteiger partial charge in [-0.3, -0.25) is 9.59 Å². The maximum absolute atomic E-state index is 13.4. The van der Waals surface area contributed by atoms with Crippen LogP contribution in [0.3, 0.4) is 0 Å². The van der Waals surface area contributed by atoms with Crippen LogP contribution in [0.25, 0.3) is 11.3 Å². The molecule has 43 heavy (non-hydrogen) atoms. The molecule has 4 aromatic rings. The molecule has 0 saturated heterocycles. The van der Waals surface area contributed by atoms with Crippen molar-refractivity contribution >= 4 is 23.4 Å². The lowest BCUT2D eigenvalue weighted by Gasteiger charge is -2.19. The highest BCUT2D eigenvalue weighted by Gasteiger charge is 2.21. The molecular weight excluding hydrogens is 564 g/mol. The molecule has 0 aliphatic carbocycles. The molecule has 0 aliphatic heterocycles. The fourth-order valence-electron chi connectivity index (χ4n) is 4.64. The van der Waals surface area contributed by atoms with Crippen molar-refractivity contribution in [2.75, 3.05) is 13.2 Å². The van der Waals surface area contributed by atoms with E-state index in [0.29, 0.717) is 29.9 Å². The van der Waals surface area contributed by atoms with Gasteiger partial charge in [0.25, 0.3) is 5.91 Å². The van der Waals surface area contributed by atoms with Gasteiger partial charge in [0.05, 0.1) is 35.4 Å². The van der Waals surface area contributed by atoms with Gasteiger partial charge in [-0.15, -0.1) is 0 Å². The van der Waals surface area contributed by atoms with Crippen molar-refractivity contribution in [3.05, 3.63) is 117 Å². The fraction of sp³-hybridized carbons (Fsp3) is 0.265. The lowest BCUT2D eigenvalue weighted by atomic mass is 10.0. The minimum atomic E-state index is -0.560. The first-order valence-electron chi connectivity index (χ1n) is 14.1. The largest absolute Gasteiger partial charge is 0.460 e. The van der Waals surface area contributed by atoms with E-state index < -0.39 is 11.9 Å². The van der Waals surface area contributed by atoms with E-state index in [9.17, 15) is 9.59 Å². The van der Waals surface area contributed by atoms with E-state index in [2.05, 4.69) is 60.1 Å². The summed E-state index contributed by atoms with van der Waals surface area (Å²) in [5, 5.41) is 27.4. The molecule has 2 unspecified atom stereocenters. The van der Waals surface area contributed by atoms with Crippen molar-refractivity contribution in [1.29, 1.82) is 5.26 Å². The molecule has 8 nitrogen and oxygen atoms in total. The normalized spacial score (nSPS) is 12.3. The average Bonchev–Trinajstić information content (AvgIpc) is 3.49. The highest BCUT2D eigenvalue weighted by atomic mass is 35.5. The summed E-state index contributed by atoms with van der Waals surface area (Å²) < 4.78 is 6.09. The van der Waals surface area contributed by atoms with Gasteiger partial charge in [-0.05, 0) is 73.9 Å². The van der Waals surface area contributed by atoms with E-state index in [1.165, 1.54) is 11.1 Å². The van der Waals surface area contributed by atoms with Gasteiger partial charge in [0, 0.05) is 30.6 Å². The molecule has 2 amide bonds. The summed E-state index contributed by atoms with van der Waals surface area (Å²) in [6.45, 7) is 4.63. The van der Waals surface area contributed by atoms with Crippen molar-refractivity contribution in [3.63, 3.8) is 0 Å². The van der Waals surface area contributed by atoms with Crippen LogP contribution in [0.5, 0.6) is 0 Å². The number of carbonyl (C=O) groups excluding carboxylic acids is 2. The van der Waals surface area contributed by atoms with Gasteiger partial charge in [0.15, 0.2) is 0 Å². The summed E-state index contributed by atoms with van der Waals surface area (Å²) in [7, 11) is 0. The molecule has 3 aromatic carbocycles. The molecule has 0 fully saturated rings. The predicted molar refractivity (Wildman–Crippen MR) is 166 cm³/mol. The van der Waals surface area contributed by atoms with Crippen molar-refractivity contribution in [2.45, 2.75) is 45.3 Å². The van der Waals surface area contributed by atoms with Gasteiger partial charge < -0.3 is 25.5 Å². The highest BCUT2D eigenvalue weighted by molar-refractivity contribution is 6.34. The van der Waals surface area contributed by atoms with E-state index in [0.717, 1.165) is 11.3 Å². The summed E-state index contributed by atoms with van der Waals surface area (Å²) in [6, 6.07) is 25.9. The van der Waals surface area contributed by atoms with Gasteiger partial charge in [-0.1, -0.05) is 53.6 Å². The van der Waals surface area contributed by atoms with Crippen molar-refractivity contribution in [3.8, 4) is 17.4 Å². The SMILES string of the molecule is Cc1ccc(C(C)NCc2ccc(-c3ccc(Cl)c(C(=O)NC(CC(=O)NCCO)Cc4ccc(C#N)cc4)c3)o2)cc1. The second kappa shape index (κ2) is 15.2. The van der Waals surface area contributed by atoms with Gasteiger partial charge in [-0.2, -0.15) is 5.26 Å². The molecule has 0 radical (unpaired) electrons. The van der Waals surface area contributed by atoms with Gasteiger partial charge in [0.1, 0.15) is 11.5 Å². The molecule has 4 N–H and O–H groups in total. The molecule has 1 heterocycles. The number of hydrogen-bond donors (Lipinski definition) is 4. The van der Waals surface area contributed by atoms with Crippen molar-refractivity contribution in [2.24, 2.45) is 0 Å². The molecule has 1 aromatic heterocycles. The molecule has 0 bridgehead atoms. The highest BCUT2D eigenvalue weighted by Crippen LogP contribution is 2.27. The quantitative estimate of drug-likeness (QED) is 0.162. The average molecular weight is 599 g/mol. The monoisotopic (exact) mass is 598 g/mol. The molecule has 2 atom stereocenters. The third-order valence-electron chi connectivity index (χ3n) is 7.08. The summed E-state index contributed by atoms with van der Waals surface area (Å²) >= 11 is 6.45. The molecule has 4 rings (SSSR count). The number of halogens is 1. The van der Waals surface area contributed by atoms with Crippen LogP contribution in [0.1, 0.15) is 57.8 Å².